The van der Waals surface area contributed by atoms with Crippen molar-refractivity contribution in [3.05, 3.63) is 33.4 Å². The van der Waals surface area contributed by atoms with Crippen LogP contribution in [0.1, 0.15) is 12.0 Å². The van der Waals surface area contributed by atoms with E-state index in [0.717, 1.165) is 5.92 Å². The Labute approximate surface area is 93.1 Å². The van der Waals surface area contributed by atoms with Crippen molar-refractivity contribution >= 4 is 22.6 Å². The molecule has 1 nitrogen and oxygen atoms in total. The van der Waals surface area contributed by atoms with Gasteiger partial charge in [0.1, 0.15) is 0 Å². The fourth-order valence-electron chi connectivity index (χ4n) is 1.84. The highest BCUT2D eigenvalue weighted by Crippen LogP contribution is 2.16. The lowest BCUT2D eigenvalue weighted by molar-refractivity contribution is 0.580. The summed E-state index contributed by atoms with van der Waals surface area (Å²) in [7, 11) is 0. The summed E-state index contributed by atoms with van der Waals surface area (Å²) in [6.45, 7) is 2.40. The molecule has 13 heavy (non-hydrogen) atoms. The molecule has 0 spiro atoms. The molecule has 0 amide bonds. The molecule has 0 unspecified atom stereocenters. The van der Waals surface area contributed by atoms with Crippen molar-refractivity contribution in [2.75, 3.05) is 13.1 Å². The van der Waals surface area contributed by atoms with E-state index in [1.54, 1.807) is 0 Å². The Kier molecular flexibility index (Phi) is 3.22. The second kappa shape index (κ2) is 4.42. The number of hydrogen-bond donors (Lipinski definition) is 1. The standard InChI is InChI=1S/C11H14IN/c12-11-3-1-9(2-4-11)7-10-5-6-13-8-10/h1-4,10,13H,5-8H2/t10-/m1/s1. The van der Waals surface area contributed by atoms with Crippen molar-refractivity contribution in [1.82, 2.24) is 5.32 Å². The summed E-state index contributed by atoms with van der Waals surface area (Å²) in [4.78, 5) is 0. The van der Waals surface area contributed by atoms with Crippen LogP contribution in [0, 0.1) is 9.49 Å². The van der Waals surface area contributed by atoms with Crippen LogP contribution in [0.5, 0.6) is 0 Å². The first-order valence-corrected chi connectivity index (χ1v) is 5.87. The molecule has 0 aromatic heterocycles. The Balaban J connectivity index is 1.97. The Hall–Kier alpha value is -0.0900. The van der Waals surface area contributed by atoms with Gasteiger partial charge < -0.3 is 5.32 Å². The largest absolute Gasteiger partial charge is 0.316 e. The lowest BCUT2D eigenvalue weighted by Crippen LogP contribution is -2.10. The zero-order valence-electron chi connectivity index (χ0n) is 7.59. The summed E-state index contributed by atoms with van der Waals surface area (Å²) >= 11 is 2.35. The van der Waals surface area contributed by atoms with Gasteiger partial charge in [-0.3, -0.25) is 0 Å². The van der Waals surface area contributed by atoms with Crippen molar-refractivity contribution in [3.8, 4) is 0 Å². The van der Waals surface area contributed by atoms with Crippen LogP contribution in [-0.2, 0) is 6.42 Å². The lowest BCUT2D eigenvalue weighted by atomic mass is 9.99. The van der Waals surface area contributed by atoms with Gasteiger partial charge >= 0.3 is 0 Å². The number of halogens is 1. The van der Waals surface area contributed by atoms with E-state index in [9.17, 15) is 0 Å². The molecule has 1 aromatic rings. The molecule has 0 saturated carbocycles. The average molecular weight is 287 g/mol. The number of nitrogens with one attached hydrogen (secondary N) is 1. The predicted molar refractivity (Wildman–Crippen MR) is 63.8 cm³/mol. The van der Waals surface area contributed by atoms with Crippen molar-refractivity contribution in [2.45, 2.75) is 12.8 Å². The van der Waals surface area contributed by atoms with Gasteiger partial charge in [-0.15, -0.1) is 0 Å². The van der Waals surface area contributed by atoms with Gasteiger partial charge in [-0.2, -0.15) is 0 Å². The quantitative estimate of drug-likeness (QED) is 0.824. The summed E-state index contributed by atoms with van der Waals surface area (Å²) in [6.07, 6.45) is 2.58. The van der Waals surface area contributed by atoms with Crippen LogP contribution in [0.25, 0.3) is 0 Å². The topological polar surface area (TPSA) is 12.0 Å². The summed E-state index contributed by atoms with van der Waals surface area (Å²) in [5.41, 5.74) is 1.48. The van der Waals surface area contributed by atoms with Gasteiger partial charge in [0.2, 0.25) is 0 Å². The van der Waals surface area contributed by atoms with Crippen molar-refractivity contribution in [3.63, 3.8) is 0 Å². The molecule has 1 saturated heterocycles. The second-order valence-corrected chi connectivity index (χ2v) is 4.94. The van der Waals surface area contributed by atoms with Gasteiger partial charge in [0.15, 0.2) is 0 Å². The van der Waals surface area contributed by atoms with E-state index in [0.29, 0.717) is 0 Å². The van der Waals surface area contributed by atoms with E-state index >= 15 is 0 Å². The number of rotatable bonds is 2. The summed E-state index contributed by atoms with van der Waals surface area (Å²) in [5, 5.41) is 3.40. The predicted octanol–water partition coefficient (Wildman–Crippen LogP) is 2.44. The molecular weight excluding hydrogens is 273 g/mol. The van der Waals surface area contributed by atoms with Crippen LogP contribution in [0.15, 0.2) is 24.3 Å². The summed E-state index contributed by atoms with van der Waals surface area (Å²) in [5.74, 6) is 0.861. The average Bonchev–Trinajstić information content (AvgIpc) is 2.62. The van der Waals surface area contributed by atoms with E-state index in [1.807, 2.05) is 0 Å². The SMILES string of the molecule is Ic1ccc(C[C@H]2CCNC2)cc1. The molecule has 70 valence electrons. The number of benzene rings is 1. The van der Waals surface area contributed by atoms with E-state index in [4.69, 9.17) is 0 Å². The van der Waals surface area contributed by atoms with Crippen LogP contribution in [-0.4, -0.2) is 13.1 Å². The lowest BCUT2D eigenvalue weighted by Gasteiger charge is -2.07. The molecule has 1 atom stereocenters. The molecule has 0 aliphatic carbocycles. The first kappa shape index (κ1) is 9.46. The molecular formula is C11H14IN. The van der Waals surface area contributed by atoms with Gasteiger partial charge in [-0.1, -0.05) is 12.1 Å². The Bertz CT molecular complexity index is 262. The molecule has 1 aromatic carbocycles. The van der Waals surface area contributed by atoms with E-state index in [2.05, 4.69) is 52.2 Å². The summed E-state index contributed by atoms with van der Waals surface area (Å²) < 4.78 is 1.32. The normalized spacial score (nSPS) is 22.1. The minimum absolute atomic E-state index is 0.861. The molecule has 1 fully saturated rings. The van der Waals surface area contributed by atoms with Gasteiger partial charge in [0, 0.05) is 3.57 Å². The van der Waals surface area contributed by atoms with E-state index in [-0.39, 0.29) is 0 Å². The van der Waals surface area contributed by atoms with Crippen LogP contribution < -0.4 is 5.32 Å². The highest BCUT2D eigenvalue weighted by Gasteiger charge is 2.14. The molecule has 2 rings (SSSR count). The zero-order valence-corrected chi connectivity index (χ0v) is 9.75. The molecule has 1 N–H and O–H groups in total. The van der Waals surface area contributed by atoms with Gasteiger partial charge in [-0.25, -0.2) is 0 Å². The van der Waals surface area contributed by atoms with Crippen LogP contribution in [0.3, 0.4) is 0 Å². The summed E-state index contributed by atoms with van der Waals surface area (Å²) in [6, 6.07) is 8.89. The molecule has 0 radical (unpaired) electrons. The fourth-order valence-corrected chi connectivity index (χ4v) is 2.20. The molecule has 1 aliphatic rings. The third-order valence-electron chi connectivity index (χ3n) is 2.60. The highest BCUT2D eigenvalue weighted by atomic mass is 127. The van der Waals surface area contributed by atoms with Gasteiger partial charge in [0.25, 0.3) is 0 Å². The fraction of sp³-hybridized carbons (Fsp3) is 0.455. The Morgan fingerprint density at radius 1 is 1.31 bits per heavy atom. The second-order valence-electron chi connectivity index (χ2n) is 3.69. The van der Waals surface area contributed by atoms with E-state index in [1.165, 1.54) is 35.1 Å². The third-order valence-corrected chi connectivity index (χ3v) is 3.32. The Morgan fingerprint density at radius 2 is 2.08 bits per heavy atom. The van der Waals surface area contributed by atoms with Crippen LogP contribution in [0.2, 0.25) is 0 Å². The van der Waals surface area contributed by atoms with Crippen molar-refractivity contribution in [1.29, 1.82) is 0 Å². The Morgan fingerprint density at radius 3 is 2.69 bits per heavy atom. The van der Waals surface area contributed by atoms with E-state index < -0.39 is 0 Å². The monoisotopic (exact) mass is 287 g/mol. The molecule has 2 heteroatoms. The molecule has 1 aliphatic heterocycles. The third kappa shape index (κ3) is 2.68. The smallest absolute Gasteiger partial charge is 0.0130 e. The molecule has 0 bridgehead atoms. The number of hydrogen-bond acceptors (Lipinski definition) is 1. The molecule has 1 heterocycles. The minimum Gasteiger partial charge on any atom is -0.316 e. The van der Waals surface area contributed by atoms with Crippen LogP contribution >= 0.6 is 22.6 Å². The maximum absolute atomic E-state index is 3.40. The first-order chi connectivity index (χ1) is 6.34. The van der Waals surface area contributed by atoms with Crippen LogP contribution in [0.4, 0.5) is 0 Å². The highest BCUT2D eigenvalue weighted by molar-refractivity contribution is 14.1. The first-order valence-electron chi connectivity index (χ1n) is 4.80. The van der Waals surface area contributed by atoms with Crippen molar-refractivity contribution < 1.29 is 0 Å². The minimum atomic E-state index is 0.861. The maximum Gasteiger partial charge on any atom is 0.0130 e. The van der Waals surface area contributed by atoms with Gasteiger partial charge in [-0.05, 0) is 72.1 Å². The van der Waals surface area contributed by atoms with Gasteiger partial charge in [0.05, 0.1) is 0 Å². The zero-order chi connectivity index (χ0) is 9.10. The maximum atomic E-state index is 3.40. The van der Waals surface area contributed by atoms with Crippen molar-refractivity contribution in [2.24, 2.45) is 5.92 Å².